The smallest absolute Gasteiger partial charge is 0.349 e. The number of hydrogen-bond acceptors (Lipinski definition) is 5. The number of aryl methyl sites for hydroxylation is 5. The van der Waals surface area contributed by atoms with Crippen LogP contribution in [0.4, 0.5) is 0 Å². The molecule has 2 aromatic heterocycles. The van der Waals surface area contributed by atoms with Gasteiger partial charge in [-0.05, 0) is 50.5 Å². The number of benzene rings is 1. The second-order valence-corrected chi connectivity index (χ2v) is 7.12. The summed E-state index contributed by atoms with van der Waals surface area (Å²) in [6, 6.07) is 13.7. The van der Waals surface area contributed by atoms with Gasteiger partial charge in [0.15, 0.2) is 0 Å². The first-order valence-corrected chi connectivity index (χ1v) is 9.69. The van der Waals surface area contributed by atoms with Crippen molar-refractivity contribution in [1.29, 1.82) is 0 Å². The molecule has 2 heterocycles. The SMILES string of the molecule is Cc1cc(C)nc(CCNC(=O)c2c(C)cc(CCc3ccccc3)oc2=O)n1. The highest BCUT2D eigenvalue weighted by molar-refractivity contribution is 5.95. The Kier molecular flexibility index (Phi) is 6.54. The average molecular weight is 391 g/mol. The van der Waals surface area contributed by atoms with Gasteiger partial charge >= 0.3 is 5.63 Å². The molecule has 150 valence electrons. The van der Waals surface area contributed by atoms with Crippen molar-refractivity contribution in [2.45, 2.75) is 40.0 Å². The molecule has 1 aromatic carbocycles. The van der Waals surface area contributed by atoms with Crippen molar-refractivity contribution in [3.8, 4) is 0 Å². The van der Waals surface area contributed by atoms with Crippen molar-refractivity contribution in [2.24, 2.45) is 0 Å². The van der Waals surface area contributed by atoms with Gasteiger partial charge in [0.25, 0.3) is 5.91 Å². The third-order valence-electron chi connectivity index (χ3n) is 4.59. The van der Waals surface area contributed by atoms with Crippen LogP contribution in [0.15, 0.2) is 51.7 Å². The zero-order valence-corrected chi connectivity index (χ0v) is 17.0. The molecule has 0 saturated carbocycles. The highest BCUT2D eigenvalue weighted by Gasteiger charge is 2.16. The van der Waals surface area contributed by atoms with E-state index in [-0.39, 0.29) is 5.56 Å². The van der Waals surface area contributed by atoms with Crippen LogP contribution in [-0.2, 0) is 19.3 Å². The Hall–Kier alpha value is -3.28. The fourth-order valence-corrected chi connectivity index (χ4v) is 3.27. The number of rotatable bonds is 7. The van der Waals surface area contributed by atoms with Gasteiger partial charge in [0.05, 0.1) is 0 Å². The second kappa shape index (κ2) is 9.28. The molecule has 0 saturated heterocycles. The van der Waals surface area contributed by atoms with Gasteiger partial charge in [0.1, 0.15) is 17.1 Å². The molecular formula is C23H25N3O3. The first kappa shape index (κ1) is 20.5. The summed E-state index contributed by atoms with van der Waals surface area (Å²) in [6.45, 7) is 5.91. The number of hydrogen-bond donors (Lipinski definition) is 1. The minimum absolute atomic E-state index is 0.0507. The van der Waals surface area contributed by atoms with Crippen LogP contribution < -0.4 is 10.9 Å². The minimum Gasteiger partial charge on any atom is -0.427 e. The standard InChI is InChI=1S/C23H25N3O3/c1-15-13-19(10-9-18-7-5-4-6-8-18)29-23(28)21(15)22(27)24-12-11-20-25-16(2)14-17(3)26-20/h4-8,13-14H,9-12H2,1-3H3,(H,24,27). The van der Waals surface area contributed by atoms with E-state index in [0.717, 1.165) is 17.8 Å². The van der Waals surface area contributed by atoms with Gasteiger partial charge in [0.2, 0.25) is 0 Å². The zero-order valence-electron chi connectivity index (χ0n) is 17.0. The van der Waals surface area contributed by atoms with E-state index in [1.54, 1.807) is 13.0 Å². The Labute approximate surface area is 170 Å². The maximum atomic E-state index is 12.5. The third-order valence-corrected chi connectivity index (χ3v) is 4.59. The predicted octanol–water partition coefficient (Wildman–Crippen LogP) is 3.11. The highest BCUT2D eigenvalue weighted by atomic mass is 16.4. The Morgan fingerprint density at radius 1 is 0.966 bits per heavy atom. The largest absolute Gasteiger partial charge is 0.427 e. The van der Waals surface area contributed by atoms with Crippen LogP contribution in [0.3, 0.4) is 0 Å². The third kappa shape index (κ3) is 5.60. The van der Waals surface area contributed by atoms with Gasteiger partial charge in [-0.3, -0.25) is 4.79 Å². The fourth-order valence-electron chi connectivity index (χ4n) is 3.27. The first-order chi connectivity index (χ1) is 13.9. The van der Waals surface area contributed by atoms with E-state index in [9.17, 15) is 9.59 Å². The van der Waals surface area contributed by atoms with Crippen molar-refractivity contribution in [3.05, 3.63) is 92.5 Å². The summed E-state index contributed by atoms with van der Waals surface area (Å²) in [7, 11) is 0. The molecule has 0 atom stereocenters. The molecular weight excluding hydrogens is 366 g/mol. The van der Waals surface area contributed by atoms with Gasteiger partial charge < -0.3 is 9.73 Å². The average Bonchev–Trinajstić information content (AvgIpc) is 2.66. The van der Waals surface area contributed by atoms with Gasteiger partial charge in [-0.15, -0.1) is 0 Å². The van der Waals surface area contributed by atoms with Crippen molar-refractivity contribution in [2.75, 3.05) is 6.54 Å². The normalized spacial score (nSPS) is 10.7. The lowest BCUT2D eigenvalue weighted by Crippen LogP contribution is -2.31. The number of carbonyl (C=O) groups excluding carboxylic acids is 1. The summed E-state index contributed by atoms with van der Waals surface area (Å²) in [4.78, 5) is 33.6. The molecule has 0 bridgehead atoms. The van der Waals surface area contributed by atoms with E-state index in [4.69, 9.17) is 4.42 Å². The van der Waals surface area contributed by atoms with E-state index in [2.05, 4.69) is 15.3 Å². The van der Waals surface area contributed by atoms with Crippen molar-refractivity contribution in [3.63, 3.8) is 0 Å². The molecule has 1 N–H and O–H groups in total. The molecule has 0 aliphatic carbocycles. The van der Waals surface area contributed by atoms with Crippen LogP contribution in [0.1, 0.15) is 44.5 Å². The maximum Gasteiger partial charge on any atom is 0.349 e. The molecule has 1 amide bonds. The molecule has 6 heteroatoms. The lowest BCUT2D eigenvalue weighted by atomic mass is 10.1. The first-order valence-electron chi connectivity index (χ1n) is 9.69. The fraction of sp³-hybridized carbons (Fsp3) is 0.304. The summed E-state index contributed by atoms with van der Waals surface area (Å²) in [6.07, 6.45) is 1.87. The van der Waals surface area contributed by atoms with Crippen LogP contribution >= 0.6 is 0 Å². The predicted molar refractivity (Wildman–Crippen MR) is 111 cm³/mol. The van der Waals surface area contributed by atoms with Crippen LogP contribution in [0.25, 0.3) is 0 Å². The Balaban J connectivity index is 1.62. The number of aromatic nitrogens is 2. The monoisotopic (exact) mass is 391 g/mol. The van der Waals surface area contributed by atoms with E-state index in [1.165, 1.54) is 5.56 Å². The topological polar surface area (TPSA) is 85.1 Å². The Morgan fingerprint density at radius 3 is 2.31 bits per heavy atom. The van der Waals surface area contributed by atoms with E-state index < -0.39 is 11.5 Å². The summed E-state index contributed by atoms with van der Waals surface area (Å²) in [5.41, 5.74) is 3.01. The summed E-state index contributed by atoms with van der Waals surface area (Å²) in [5, 5.41) is 2.77. The van der Waals surface area contributed by atoms with Gasteiger partial charge in [-0.2, -0.15) is 0 Å². The van der Waals surface area contributed by atoms with Gasteiger partial charge in [0, 0.05) is 30.8 Å². The van der Waals surface area contributed by atoms with Gasteiger partial charge in [-0.1, -0.05) is 30.3 Å². The molecule has 0 fully saturated rings. The molecule has 3 aromatic rings. The summed E-state index contributed by atoms with van der Waals surface area (Å²) in [5.74, 6) is 0.814. The molecule has 0 radical (unpaired) electrons. The molecule has 29 heavy (non-hydrogen) atoms. The number of carbonyl (C=O) groups is 1. The van der Waals surface area contributed by atoms with Crippen molar-refractivity contribution in [1.82, 2.24) is 15.3 Å². The van der Waals surface area contributed by atoms with Crippen molar-refractivity contribution < 1.29 is 9.21 Å². The van der Waals surface area contributed by atoms with Crippen molar-refractivity contribution >= 4 is 5.91 Å². The Morgan fingerprint density at radius 2 is 1.66 bits per heavy atom. The Bertz CT molecular complexity index is 1040. The lowest BCUT2D eigenvalue weighted by molar-refractivity contribution is 0.0949. The van der Waals surface area contributed by atoms with Gasteiger partial charge in [-0.25, -0.2) is 14.8 Å². The number of amides is 1. The lowest BCUT2D eigenvalue weighted by Gasteiger charge is -2.08. The number of nitrogens with zero attached hydrogens (tertiary/aromatic N) is 2. The highest BCUT2D eigenvalue weighted by Crippen LogP contribution is 2.10. The maximum absolute atomic E-state index is 12.5. The molecule has 0 aliphatic heterocycles. The zero-order chi connectivity index (χ0) is 20.8. The molecule has 0 aliphatic rings. The minimum atomic E-state index is -0.604. The summed E-state index contributed by atoms with van der Waals surface area (Å²) >= 11 is 0. The second-order valence-electron chi connectivity index (χ2n) is 7.12. The van der Waals surface area contributed by atoms with E-state index in [1.807, 2.05) is 50.2 Å². The number of nitrogens with one attached hydrogen (secondary N) is 1. The van der Waals surface area contributed by atoms with Crippen LogP contribution in [0, 0.1) is 20.8 Å². The summed E-state index contributed by atoms with van der Waals surface area (Å²) < 4.78 is 5.39. The quantitative estimate of drug-likeness (QED) is 0.669. The molecule has 0 unspecified atom stereocenters. The van der Waals surface area contributed by atoms with Crippen LogP contribution in [0.2, 0.25) is 0 Å². The molecule has 3 rings (SSSR count). The molecule has 0 spiro atoms. The van der Waals surface area contributed by atoms with Crippen LogP contribution in [-0.4, -0.2) is 22.4 Å². The van der Waals surface area contributed by atoms with Crippen LogP contribution in [0.5, 0.6) is 0 Å². The van der Waals surface area contributed by atoms with E-state index in [0.29, 0.717) is 36.5 Å². The van der Waals surface area contributed by atoms with E-state index >= 15 is 0 Å². The molecule has 6 nitrogen and oxygen atoms in total.